The number of hydrogen-bond donors (Lipinski definition) is 4. The fourth-order valence-electron chi connectivity index (χ4n) is 10.3. The summed E-state index contributed by atoms with van der Waals surface area (Å²) in [5.41, 5.74) is 2.54. The first-order chi connectivity index (χ1) is 22.1. The van der Waals surface area contributed by atoms with E-state index < -0.39 is 25.9 Å². The van der Waals surface area contributed by atoms with E-state index in [9.17, 15) is 19.3 Å². The molecule has 9 atom stereocenters. The minimum Gasteiger partial charge on any atom is -0.480 e. The summed E-state index contributed by atoms with van der Waals surface area (Å²) >= 11 is 0. The van der Waals surface area contributed by atoms with Crippen molar-refractivity contribution in [2.75, 3.05) is 0 Å². The zero-order valence-electron chi connectivity index (χ0n) is 28.8. The molecule has 4 N–H and O–H groups in total. The van der Waals surface area contributed by atoms with Gasteiger partial charge in [0.15, 0.2) is 0 Å². The van der Waals surface area contributed by atoms with Gasteiger partial charge in [0, 0.05) is 12.8 Å². The maximum atomic E-state index is 12.9. The minimum atomic E-state index is -4.69. The molecule has 1 unspecified atom stereocenters. The standard InChI is InChI=1S/C37H56NO8P/c1-23(2)7-6-8-24(3)30-15-16-31-29-14-11-26-22-28(17-19-36(26,4)32(29)18-20-37(30,31)5)45-35(41)38-33(34(39)40)21-25-9-12-27(13-10-25)46-47(42,43)44/h9-13,23-24,28-33H,6-8,14-22H2,1-5H3,(H,38,41)(H,39,40)(H2,42,43,44)/t24-,28+,29+,30-,31+,32+,33+,36?,37-/m1/s1. The van der Waals surface area contributed by atoms with E-state index in [0.717, 1.165) is 48.9 Å². The third-order valence-corrected chi connectivity index (χ3v) is 13.2. The molecule has 0 aromatic heterocycles. The highest BCUT2D eigenvalue weighted by molar-refractivity contribution is 7.46. The smallest absolute Gasteiger partial charge is 0.480 e. The van der Waals surface area contributed by atoms with Crippen LogP contribution in [0.2, 0.25) is 0 Å². The number of ether oxygens (including phenoxy) is 1. The lowest BCUT2D eigenvalue weighted by Crippen LogP contribution is -2.51. The molecule has 9 nitrogen and oxygen atoms in total. The molecular weight excluding hydrogens is 617 g/mol. The summed E-state index contributed by atoms with van der Waals surface area (Å²) in [5, 5.41) is 12.3. The Morgan fingerprint density at radius 1 is 1.00 bits per heavy atom. The third-order valence-electron chi connectivity index (χ3n) is 12.7. The Hall–Kier alpha value is -2.35. The Balaban J connectivity index is 1.17. The van der Waals surface area contributed by atoms with Crippen molar-refractivity contribution in [1.82, 2.24) is 5.32 Å². The van der Waals surface area contributed by atoms with Crippen LogP contribution in [0.1, 0.15) is 111 Å². The van der Waals surface area contributed by atoms with Gasteiger partial charge in [0.1, 0.15) is 17.9 Å². The molecule has 4 aliphatic carbocycles. The average molecular weight is 674 g/mol. The Kier molecular flexibility index (Phi) is 10.9. The molecule has 0 radical (unpaired) electrons. The monoisotopic (exact) mass is 673 g/mol. The molecule has 5 rings (SSSR count). The highest BCUT2D eigenvalue weighted by atomic mass is 31.2. The van der Waals surface area contributed by atoms with Crippen LogP contribution in [0.4, 0.5) is 4.79 Å². The van der Waals surface area contributed by atoms with Crippen molar-refractivity contribution in [1.29, 1.82) is 0 Å². The van der Waals surface area contributed by atoms with Gasteiger partial charge < -0.3 is 19.7 Å². The highest BCUT2D eigenvalue weighted by Crippen LogP contribution is 2.67. The van der Waals surface area contributed by atoms with E-state index in [1.165, 1.54) is 74.8 Å². The molecule has 1 aromatic rings. The van der Waals surface area contributed by atoms with Gasteiger partial charge in [0.2, 0.25) is 0 Å². The molecule has 3 saturated carbocycles. The number of benzene rings is 1. The van der Waals surface area contributed by atoms with E-state index in [2.05, 4.69) is 50.5 Å². The number of aliphatic carboxylic acids is 1. The molecule has 4 aliphatic rings. The van der Waals surface area contributed by atoms with Gasteiger partial charge in [0.25, 0.3) is 0 Å². The number of allylic oxidation sites excluding steroid dienone is 1. The van der Waals surface area contributed by atoms with E-state index in [-0.39, 0.29) is 23.7 Å². The zero-order chi connectivity index (χ0) is 34.1. The lowest BCUT2D eigenvalue weighted by atomic mass is 9.47. The molecule has 3 fully saturated rings. The molecule has 10 heteroatoms. The van der Waals surface area contributed by atoms with E-state index in [4.69, 9.17) is 14.5 Å². The summed E-state index contributed by atoms with van der Waals surface area (Å²) < 4.78 is 21.4. The predicted octanol–water partition coefficient (Wildman–Crippen LogP) is 8.29. The molecule has 1 aromatic carbocycles. The Morgan fingerprint density at radius 2 is 1.72 bits per heavy atom. The van der Waals surface area contributed by atoms with Gasteiger partial charge in [-0.05, 0) is 109 Å². The number of nitrogens with one attached hydrogen (secondary N) is 1. The average Bonchev–Trinajstić information content (AvgIpc) is 3.34. The maximum Gasteiger partial charge on any atom is 0.524 e. The zero-order valence-corrected chi connectivity index (χ0v) is 29.7. The molecule has 0 bridgehead atoms. The number of phosphoric acid groups is 1. The van der Waals surface area contributed by atoms with Crippen LogP contribution in [-0.4, -0.2) is 39.1 Å². The number of carboxylic acid groups (broad SMARTS) is 1. The van der Waals surface area contributed by atoms with Crippen molar-refractivity contribution < 1.29 is 38.3 Å². The lowest BCUT2D eigenvalue weighted by molar-refractivity contribution is -0.139. The van der Waals surface area contributed by atoms with E-state index in [1.54, 1.807) is 0 Å². The molecule has 47 heavy (non-hydrogen) atoms. The summed E-state index contributed by atoms with van der Waals surface area (Å²) in [4.78, 5) is 42.8. The van der Waals surface area contributed by atoms with Crippen LogP contribution in [0.15, 0.2) is 35.9 Å². The fourth-order valence-corrected chi connectivity index (χ4v) is 10.7. The number of fused-ring (bicyclic) bond motifs is 5. The second-order valence-electron chi connectivity index (χ2n) is 16.0. The van der Waals surface area contributed by atoms with Crippen LogP contribution in [0.25, 0.3) is 0 Å². The Morgan fingerprint density at radius 3 is 2.38 bits per heavy atom. The molecular formula is C37H56NO8P. The molecule has 0 spiro atoms. The Bertz CT molecular complexity index is 1360. The van der Waals surface area contributed by atoms with Crippen molar-refractivity contribution in [2.24, 2.45) is 46.3 Å². The second-order valence-corrected chi connectivity index (χ2v) is 17.2. The van der Waals surface area contributed by atoms with Crippen LogP contribution in [0.3, 0.4) is 0 Å². The summed E-state index contributed by atoms with van der Waals surface area (Å²) in [6.07, 6.45) is 14.3. The van der Waals surface area contributed by atoms with Gasteiger partial charge in [-0.15, -0.1) is 0 Å². The van der Waals surface area contributed by atoms with Crippen LogP contribution < -0.4 is 9.84 Å². The Labute approximate surface area is 280 Å². The normalized spacial score (nSPS) is 33.1. The van der Waals surface area contributed by atoms with E-state index in [0.29, 0.717) is 23.3 Å². The second kappa shape index (κ2) is 14.2. The van der Waals surface area contributed by atoms with Crippen molar-refractivity contribution in [2.45, 2.75) is 124 Å². The van der Waals surface area contributed by atoms with Crippen LogP contribution in [0.5, 0.6) is 5.75 Å². The van der Waals surface area contributed by atoms with Gasteiger partial charge in [-0.25, -0.2) is 14.2 Å². The summed E-state index contributed by atoms with van der Waals surface area (Å²) in [6, 6.07) is 4.49. The summed E-state index contributed by atoms with van der Waals surface area (Å²) in [7, 11) is -4.69. The number of carboxylic acids is 1. The van der Waals surface area contributed by atoms with Crippen LogP contribution in [0, 0.1) is 46.3 Å². The van der Waals surface area contributed by atoms with Crippen molar-refractivity contribution in [3.8, 4) is 5.75 Å². The largest absolute Gasteiger partial charge is 0.524 e. The molecule has 0 saturated heterocycles. The van der Waals surface area contributed by atoms with Crippen molar-refractivity contribution in [3.63, 3.8) is 0 Å². The van der Waals surface area contributed by atoms with Gasteiger partial charge in [-0.3, -0.25) is 9.79 Å². The number of carbonyl (C=O) groups excluding carboxylic acids is 1. The number of carbonyl (C=O) groups is 2. The van der Waals surface area contributed by atoms with Gasteiger partial charge in [-0.1, -0.05) is 77.7 Å². The molecule has 0 heterocycles. The number of alkyl carbamates (subject to hydrolysis) is 1. The van der Waals surface area contributed by atoms with Crippen LogP contribution >= 0.6 is 7.82 Å². The minimum absolute atomic E-state index is 0.0186. The fraction of sp³-hybridized carbons (Fsp3) is 0.730. The van der Waals surface area contributed by atoms with Crippen molar-refractivity contribution in [3.05, 3.63) is 41.5 Å². The van der Waals surface area contributed by atoms with E-state index >= 15 is 0 Å². The van der Waals surface area contributed by atoms with Gasteiger partial charge in [0.05, 0.1) is 0 Å². The predicted molar refractivity (Wildman–Crippen MR) is 181 cm³/mol. The summed E-state index contributed by atoms with van der Waals surface area (Å²) in [6.45, 7) is 12.3. The number of rotatable bonds is 12. The van der Waals surface area contributed by atoms with Crippen LogP contribution in [-0.2, 0) is 20.5 Å². The molecule has 262 valence electrons. The summed E-state index contributed by atoms with van der Waals surface area (Å²) in [5.74, 6) is 3.35. The van der Waals surface area contributed by atoms with E-state index in [1.807, 2.05) is 0 Å². The SMILES string of the molecule is CC(C)CCC[C@@H](C)[C@H]1CC[C@H]2[C@@H]3CC=C4C[C@@H](OC(=O)N[C@@H](Cc5ccc(OP(=O)(O)O)cc5)C(=O)O)CCC4(C)[C@H]3CC[C@]12C. The first kappa shape index (κ1) is 35.9. The number of phosphoric ester groups is 1. The highest BCUT2D eigenvalue weighted by Gasteiger charge is 2.59. The first-order valence-corrected chi connectivity index (χ1v) is 19.4. The molecule has 0 aliphatic heterocycles. The molecule has 1 amide bonds. The quantitative estimate of drug-likeness (QED) is 0.128. The third kappa shape index (κ3) is 8.11. The van der Waals surface area contributed by atoms with Crippen molar-refractivity contribution >= 4 is 19.9 Å². The first-order valence-electron chi connectivity index (χ1n) is 17.8. The number of amides is 1. The lowest BCUT2D eigenvalue weighted by Gasteiger charge is -2.58. The topological polar surface area (TPSA) is 142 Å². The number of hydrogen-bond acceptors (Lipinski definition) is 5. The van der Waals surface area contributed by atoms with Gasteiger partial charge in [-0.2, -0.15) is 0 Å². The van der Waals surface area contributed by atoms with Gasteiger partial charge >= 0.3 is 19.9 Å². The maximum absolute atomic E-state index is 12.9.